The van der Waals surface area contributed by atoms with Gasteiger partial charge in [-0.2, -0.15) is 0 Å². The highest BCUT2D eigenvalue weighted by molar-refractivity contribution is 6.04. The van der Waals surface area contributed by atoms with E-state index >= 15 is 0 Å². The van der Waals surface area contributed by atoms with Gasteiger partial charge >= 0.3 is 0 Å². The summed E-state index contributed by atoms with van der Waals surface area (Å²) in [6.45, 7) is 6.57. The Morgan fingerprint density at radius 1 is 0.963 bits per heavy atom. The van der Waals surface area contributed by atoms with Crippen molar-refractivity contribution >= 4 is 23.0 Å². The average Bonchev–Trinajstić information content (AvgIpc) is 2.80. The second kappa shape index (κ2) is 6.94. The third-order valence-corrected chi connectivity index (χ3v) is 4.71. The molecule has 4 rings (SSSR count). The summed E-state index contributed by atoms with van der Waals surface area (Å²) in [6, 6.07) is 3.65. The first-order valence-electron chi connectivity index (χ1n) is 9.26. The third-order valence-electron chi connectivity index (χ3n) is 4.71. The highest BCUT2D eigenvalue weighted by atomic mass is 16.2. The van der Waals surface area contributed by atoms with Gasteiger partial charge in [-0.15, -0.1) is 0 Å². The minimum absolute atomic E-state index is 0.276. The van der Waals surface area contributed by atoms with Crippen LogP contribution in [0.25, 0.3) is 11.2 Å². The number of aromatic nitrogens is 5. The largest absolute Gasteiger partial charge is 0.313 e. The number of rotatable bonds is 3. The van der Waals surface area contributed by atoms with Crippen LogP contribution in [0.2, 0.25) is 0 Å². The van der Waals surface area contributed by atoms with Crippen molar-refractivity contribution in [3.63, 3.8) is 0 Å². The van der Waals surface area contributed by atoms with E-state index in [9.17, 15) is 4.79 Å². The molecule has 140 valence electrons. The zero-order valence-electron chi connectivity index (χ0n) is 15.8. The summed E-state index contributed by atoms with van der Waals surface area (Å²) < 4.78 is 2.16. The van der Waals surface area contributed by atoms with Crippen LogP contribution in [0, 0.1) is 20.8 Å². The standard InChI is InChI=1S/C19H23N7O/c1-11-9-12(2)22-19(21-11)25-24-18(27)14-10-13(3)20-17-16(14)23-15-7-5-4-6-8-26(15)17/h9-10H,4-8H2,1-3H3,(H,24,27)(H,21,22,25). The molecule has 0 saturated carbocycles. The molecule has 0 radical (unpaired) electrons. The van der Waals surface area contributed by atoms with Crippen LogP contribution in [-0.2, 0) is 13.0 Å². The summed E-state index contributed by atoms with van der Waals surface area (Å²) in [5.74, 6) is 1.10. The number of hydrogen-bond donors (Lipinski definition) is 2. The summed E-state index contributed by atoms with van der Waals surface area (Å²) in [7, 11) is 0. The van der Waals surface area contributed by atoms with E-state index in [1.165, 1.54) is 6.42 Å². The zero-order chi connectivity index (χ0) is 19.0. The van der Waals surface area contributed by atoms with E-state index in [0.717, 1.165) is 54.4 Å². The van der Waals surface area contributed by atoms with Crippen molar-refractivity contribution in [1.29, 1.82) is 0 Å². The van der Waals surface area contributed by atoms with Gasteiger partial charge in [-0.3, -0.25) is 15.6 Å². The highest BCUT2D eigenvalue weighted by Crippen LogP contribution is 2.24. The number of imidazole rings is 1. The Labute approximate surface area is 157 Å². The van der Waals surface area contributed by atoms with E-state index in [0.29, 0.717) is 17.0 Å². The third kappa shape index (κ3) is 3.47. The molecule has 1 aliphatic rings. The zero-order valence-corrected chi connectivity index (χ0v) is 15.8. The fourth-order valence-electron chi connectivity index (χ4n) is 3.55. The number of anilines is 1. The van der Waals surface area contributed by atoms with Crippen molar-refractivity contribution in [3.05, 3.63) is 40.6 Å². The van der Waals surface area contributed by atoms with Crippen molar-refractivity contribution in [3.8, 4) is 0 Å². The molecule has 8 nitrogen and oxygen atoms in total. The number of hydrogen-bond acceptors (Lipinski definition) is 6. The summed E-state index contributed by atoms with van der Waals surface area (Å²) in [5, 5.41) is 0. The molecule has 1 aliphatic heterocycles. The molecule has 0 fully saturated rings. The Balaban J connectivity index is 1.65. The molecule has 0 saturated heterocycles. The average molecular weight is 365 g/mol. The van der Waals surface area contributed by atoms with Crippen molar-refractivity contribution < 1.29 is 4.79 Å². The Morgan fingerprint density at radius 3 is 2.48 bits per heavy atom. The van der Waals surface area contributed by atoms with Gasteiger partial charge in [0.15, 0.2) is 5.65 Å². The van der Waals surface area contributed by atoms with Gasteiger partial charge in [-0.05, 0) is 45.7 Å². The van der Waals surface area contributed by atoms with Gasteiger partial charge in [-0.25, -0.2) is 19.9 Å². The van der Waals surface area contributed by atoms with Gasteiger partial charge in [0.2, 0.25) is 5.95 Å². The molecule has 0 unspecified atom stereocenters. The molecule has 27 heavy (non-hydrogen) atoms. The molecular formula is C19H23N7O. The van der Waals surface area contributed by atoms with Crippen LogP contribution >= 0.6 is 0 Å². The van der Waals surface area contributed by atoms with Gasteiger partial charge < -0.3 is 4.57 Å². The summed E-state index contributed by atoms with van der Waals surface area (Å²) >= 11 is 0. The van der Waals surface area contributed by atoms with Crippen LogP contribution in [0.1, 0.15) is 52.5 Å². The molecule has 4 heterocycles. The second-order valence-electron chi connectivity index (χ2n) is 7.03. The maximum Gasteiger partial charge on any atom is 0.272 e. The normalized spacial score (nSPS) is 13.9. The quantitative estimate of drug-likeness (QED) is 0.693. The maximum atomic E-state index is 12.8. The van der Waals surface area contributed by atoms with Crippen LogP contribution in [0.15, 0.2) is 12.1 Å². The second-order valence-corrected chi connectivity index (χ2v) is 7.03. The lowest BCUT2D eigenvalue weighted by atomic mass is 10.2. The first kappa shape index (κ1) is 17.4. The fraction of sp³-hybridized carbons (Fsp3) is 0.421. The molecule has 3 aromatic heterocycles. The summed E-state index contributed by atoms with van der Waals surface area (Å²) in [6.07, 6.45) is 4.35. The van der Waals surface area contributed by atoms with Crippen LogP contribution in [-0.4, -0.2) is 30.4 Å². The molecule has 0 spiro atoms. The van der Waals surface area contributed by atoms with E-state index in [2.05, 4.69) is 30.4 Å². The maximum absolute atomic E-state index is 12.8. The van der Waals surface area contributed by atoms with Crippen molar-refractivity contribution in [2.24, 2.45) is 0 Å². The minimum Gasteiger partial charge on any atom is -0.313 e. The van der Waals surface area contributed by atoms with Gasteiger partial charge in [0, 0.05) is 30.0 Å². The lowest BCUT2D eigenvalue weighted by Gasteiger charge is -2.09. The van der Waals surface area contributed by atoms with Crippen LogP contribution < -0.4 is 10.9 Å². The SMILES string of the molecule is Cc1cc(C)nc(NNC(=O)c2cc(C)nc3c2nc2n3CCCCC2)n1. The van der Waals surface area contributed by atoms with E-state index in [4.69, 9.17) is 4.98 Å². The Bertz CT molecular complexity index is 1000. The molecule has 8 heteroatoms. The number of amides is 1. The Kier molecular flexibility index (Phi) is 4.47. The van der Waals surface area contributed by atoms with Crippen molar-refractivity contribution in [2.45, 2.75) is 53.0 Å². The highest BCUT2D eigenvalue weighted by Gasteiger charge is 2.20. The molecule has 0 bridgehead atoms. The summed E-state index contributed by atoms with van der Waals surface area (Å²) in [4.78, 5) is 30.8. The topological polar surface area (TPSA) is 97.6 Å². The Morgan fingerprint density at radius 2 is 1.70 bits per heavy atom. The van der Waals surface area contributed by atoms with Crippen molar-refractivity contribution in [1.82, 2.24) is 29.9 Å². The molecule has 3 aromatic rings. The molecule has 2 N–H and O–H groups in total. The fourth-order valence-corrected chi connectivity index (χ4v) is 3.55. The predicted octanol–water partition coefficient (Wildman–Crippen LogP) is 2.63. The number of nitrogens with one attached hydrogen (secondary N) is 2. The van der Waals surface area contributed by atoms with Crippen LogP contribution in [0.4, 0.5) is 5.95 Å². The van der Waals surface area contributed by atoms with E-state index < -0.39 is 0 Å². The minimum atomic E-state index is -0.276. The first-order chi connectivity index (χ1) is 13.0. The van der Waals surface area contributed by atoms with E-state index in [1.54, 1.807) is 6.07 Å². The number of hydrazine groups is 1. The monoisotopic (exact) mass is 365 g/mol. The van der Waals surface area contributed by atoms with Gasteiger partial charge in [0.1, 0.15) is 11.3 Å². The first-order valence-corrected chi connectivity index (χ1v) is 9.26. The molecule has 0 aliphatic carbocycles. The summed E-state index contributed by atoms with van der Waals surface area (Å²) in [5.41, 5.74) is 9.91. The van der Waals surface area contributed by atoms with E-state index in [-0.39, 0.29) is 5.91 Å². The molecule has 0 aromatic carbocycles. The van der Waals surface area contributed by atoms with Crippen LogP contribution in [0.5, 0.6) is 0 Å². The number of aryl methyl sites for hydroxylation is 5. The van der Waals surface area contributed by atoms with Gasteiger partial charge in [0.05, 0.1) is 5.56 Å². The van der Waals surface area contributed by atoms with Crippen molar-refractivity contribution in [2.75, 3.05) is 5.43 Å². The Hall–Kier alpha value is -3.03. The number of pyridine rings is 1. The van der Waals surface area contributed by atoms with Gasteiger partial charge in [0.25, 0.3) is 5.91 Å². The number of carbonyl (C=O) groups is 1. The van der Waals surface area contributed by atoms with Crippen LogP contribution in [0.3, 0.4) is 0 Å². The lowest BCUT2D eigenvalue weighted by molar-refractivity contribution is 0.0963. The number of fused-ring (bicyclic) bond motifs is 3. The molecular weight excluding hydrogens is 342 g/mol. The lowest BCUT2D eigenvalue weighted by Crippen LogP contribution is -2.31. The number of carbonyl (C=O) groups excluding carboxylic acids is 1. The predicted molar refractivity (Wildman–Crippen MR) is 102 cm³/mol. The smallest absolute Gasteiger partial charge is 0.272 e. The molecule has 1 amide bonds. The van der Waals surface area contributed by atoms with E-state index in [1.807, 2.05) is 26.8 Å². The van der Waals surface area contributed by atoms with Gasteiger partial charge in [-0.1, -0.05) is 6.42 Å². The molecule has 0 atom stereocenters. The number of nitrogens with zero attached hydrogens (tertiary/aromatic N) is 5.